The van der Waals surface area contributed by atoms with Crippen molar-refractivity contribution >= 4 is 76.1 Å². The van der Waals surface area contributed by atoms with E-state index in [9.17, 15) is 38.4 Å². The topological polar surface area (TPSA) is 233 Å². The molecule has 8 amide bonds. The first-order valence-electron chi connectivity index (χ1n) is 21.2. The number of anilines is 5. The summed E-state index contributed by atoms with van der Waals surface area (Å²) in [6.45, 7) is -0.384. The lowest BCUT2D eigenvalue weighted by Gasteiger charge is -2.32. The van der Waals surface area contributed by atoms with Gasteiger partial charge in [-0.15, -0.1) is 0 Å². The Morgan fingerprint density at radius 2 is 1.69 bits per heavy atom. The third-order valence-corrected chi connectivity index (χ3v) is 12.4. The third kappa shape index (κ3) is 8.75. The number of halogens is 3. The van der Waals surface area contributed by atoms with Gasteiger partial charge in [0.2, 0.25) is 29.6 Å². The summed E-state index contributed by atoms with van der Waals surface area (Å²) < 4.78 is 51.2. The lowest BCUT2D eigenvalue weighted by Crippen LogP contribution is -2.54. The molecular weight excluding hydrogens is 858 g/mol. The minimum absolute atomic E-state index is 0.00820. The summed E-state index contributed by atoms with van der Waals surface area (Å²) in [6.07, 6.45) is 4.39. The molecule has 342 valence electrons. The number of carbonyl (C=O) groups is 8. The summed E-state index contributed by atoms with van der Waals surface area (Å²) in [7, 11) is 2.55. The smallest absolute Gasteiger partial charge is 0.342 e. The SMILES string of the molecule is COc1cc(C(=O)NC2CCN(C(=O)CCC(=O)Nc3cccc4c3C(=O)N(C3CCC(=O)NC3=O)C4=O)CC2)c(F)cc1Nc1ncc2c(n1)N(C1CCCC1)CC(F)(F)C(=O)N2C. The number of likely N-dealkylation sites (tertiary alicyclic amines) is 1. The van der Waals surface area contributed by atoms with Crippen molar-refractivity contribution in [3.05, 3.63) is 59.0 Å². The molecule has 1 aromatic heterocycles. The Morgan fingerprint density at radius 1 is 0.954 bits per heavy atom. The van der Waals surface area contributed by atoms with Gasteiger partial charge in [0.25, 0.3) is 23.6 Å². The van der Waals surface area contributed by atoms with Crippen molar-refractivity contribution in [1.82, 2.24) is 30.4 Å². The van der Waals surface area contributed by atoms with Gasteiger partial charge in [0.1, 0.15) is 23.3 Å². The Bertz CT molecular complexity index is 2510. The molecule has 4 aliphatic heterocycles. The van der Waals surface area contributed by atoms with Gasteiger partial charge in [-0.05, 0) is 50.3 Å². The molecule has 3 fully saturated rings. The van der Waals surface area contributed by atoms with Gasteiger partial charge in [-0.3, -0.25) is 48.6 Å². The van der Waals surface area contributed by atoms with E-state index in [1.54, 1.807) is 4.90 Å². The molecule has 3 aromatic rings. The van der Waals surface area contributed by atoms with Crippen molar-refractivity contribution in [2.24, 2.45) is 0 Å². The highest BCUT2D eigenvalue weighted by molar-refractivity contribution is 6.26. The number of hydrogen-bond acceptors (Lipinski definition) is 13. The van der Waals surface area contributed by atoms with Crippen LogP contribution in [0.5, 0.6) is 5.75 Å². The maximum atomic E-state index is 15.6. The average molecular weight is 903 g/mol. The first kappa shape index (κ1) is 44.5. The van der Waals surface area contributed by atoms with Gasteiger partial charge in [0.05, 0.1) is 47.9 Å². The van der Waals surface area contributed by atoms with E-state index >= 15 is 13.2 Å². The fourth-order valence-corrected chi connectivity index (χ4v) is 8.97. The van der Waals surface area contributed by atoms with E-state index in [-0.39, 0.29) is 102 Å². The third-order valence-electron chi connectivity index (χ3n) is 12.4. The van der Waals surface area contributed by atoms with Crippen LogP contribution >= 0.6 is 0 Å². The molecule has 0 spiro atoms. The Kier molecular flexibility index (Phi) is 12.2. The van der Waals surface area contributed by atoms with Crippen molar-refractivity contribution in [3.63, 3.8) is 0 Å². The monoisotopic (exact) mass is 902 g/mol. The summed E-state index contributed by atoms with van der Waals surface area (Å²) >= 11 is 0. The summed E-state index contributed by atoms with van der Waals surface area (Å²) in [6, 6.07) is 4.65. The number of ether oxygens (including phenoxy) is 1. The van der Waals surface area contributed by atoms with Crippen LogP contribution in [0.4, 0.5) is 42.0 Å². The molecule has 4 N–H and O–H groups in total. The second kappa shape index (κ2) is 17.8. The Hall–Kier alpha value is -7.13. The molecule has 19 nitrogen and oxygen atoms in total. The fourth-order valence-electron chi connectivity index (χ4n) is 8.97. The van der Waals surface area contributed by atoms with Crippen LogP contribution in [0, 0.1) is 5.82 Å². The predicted molar refractivity (Wildman–Crippen MR) is 224 cm³/mol. The van der Waals surface area contributed by atoms with Gasteiger partial charge < -0.3 is 35.4 Å². The number of benzene rings is 2. The van der Waals surface area contributed by atoms with Crippen molar-refractivity contribution in [2.45, 2.75) is 88.3 Å². The number of fused-ring (bicyclic) bond motifs is 2. The van der Waals surface area contributed by atoms with Gasteiger partial charge in [0.15, 0.2) is 5.82 Å². The van der Waals surface area contributed by atoms with Crippen LogP contribution in [0.3, 0.4) is 0 Å². The van der Waals surface area contributed by atoms with E-state index in [0.717, 1.165) is 28.7 Å². The zero-order valence-electron chi connectivity index (χ0n) is 35.4. The number of methoxy groups -OCH3 is 1. The van der Waals surface area contributed by atoms with Crippen molar-refractivity contribution < 1.29 is 56.3 Å². The number of nitrogens with one attached hydrogen (secondary N) is 4. The lowest BCUT2D eigenvalue weighted by molar-refractivity contribution is -0.140. The molecule has 2 aromatic carbocycles. The second-order valence-electron chi connectivity index (χ2n) is 16.5. The highest BCUT2D eigenvalue weighted by Gasteiger charge is 2.49. The van der Waals surface area contributed by atoms with Crippen molar-refractivity contribution in [3.8, 4) is 5.75 Å². The quantitative estimate of drug-likeness (QED) is 0.203. The van der Waals surface area contributed by atoms with Crippen LogP contribution in [-0.2, 0) is 24.0 Å². The highest BCUT2D eigenvalue weighted by Crippen LogP contribution is 2.40. The van der Waals surface area contributed by atoms with Crippen molar-refractivity contribution in [2.75, 3.05) is 54.2 Å². The number of amides is 8. The number of carbonyl (C=O) groups excluding carboxylic acids is 8. The van der Waals surface area contributed by atoms with E-state index in [4.69, 9.17) is 4.74 Å². The normalized spacial score (nSPS) is 20.0. The van der Waals surface area contributed by atoms with Crippen LogP contribution in [0.2, 0.25) is 0 Å². The van der Waals surface area contributed by atoms with Gasteiger partial charge in [-0.25, -0.2) is 9.37 Å². The Labute approximate surface area is 369 Å². The minimum atomic E-state index is -3.67. The van der Waals surface area contributed by atoms with Gasteiger partial charge in [-0.2, -0.15) is 13.8 Å². The van der Waals surface area contributed by atoms with E-state index in [2.05, 4.69) is 31.2 Å². The number of rotatable bonds is 11. The molecule has 8 rings (SSSR count). The molecule has 5 aliphatic rings. The van der Waals surface area contributed by atoms with E-state index in [1.165, 1.54) is 49.5 Å². The first-order valence-corrected chi connectivity index (χ1v) is 21.2. The van der Waals surface area contributed by atoms with E-state index in [0.29, 0.717) is 25.7 Å². The summed E-state index contributed by atoms with van der Waals surface area (Å²) in [4.78, 5) is 116. The molecule has 0 radical (unpaired) electrons. The molecular formula is C43H45F3N10O9. The van der Waals surface area contributed by atoms with E-state index < -0.39 is 71.7 Å². The predicted octanol–water partition coefficient (Wildman–Crippen LogP) is 3.27. The lowest BCUT2D eigenvalue weighted by atomic mass is 10.0. The Morgan fingerprint density at radius 3 is 2.40 bits per heavy atom. The van der Waals surface area contributed by atoms with Crippen LogP contribution in [0.25, 0.3) is 0 Å². The van der Waals surface area contributed by atoms with Crippen LogP contribution < -0.4 is 35.8 Å². The molecule has 1 saturated carbocycles. The fraction of sp³-hybridized carbons (Fsp3) is 0.442. The molecule has 22 heteroatoms. The van der Waals surface area contributed by atoms with Gasteiger partial charge in [0, 0.05) is 57.5 Å². The second-order valence-corrected chi connectivity index (χ2v) is 16.5. The molecule has 1 aliphatic carbocycles. The van der Waals surface area contributed by atoms with Crippen LogP contribution in [0.15, 0.2) is 36.5 Å². The van der Waals surface area contributed by atoms with Crippen LogP contribution in [-0.4, -0.2) is 125 Å². The van der Waals surface area contributed by atoms with Crippen molar-refractivity contribution in [1.29, 1.82) is 0 Å². The number of aromatic nitrogens is 2. The number of imide groups is 2. The molecule has 5 heterocycles. The number of alkyl halides is 2. The summed E-state index contributed by atoms with van der Waals surface area (Å²) in [5.74, 6) is -10.3. The molecule has 65 heavy (non-hydrogen) atoms. The summed E-state index contributed by atoms with van der Waals surface area (Å²) in [5, 5.41) is 10.4. The maximum Gasteiger partial charge on any atom is 0.342 e. The highest BCUT2D eigenvalue weighted by atomic mass is 19.3. The number of nitrogens with zero attached hydrogens (tertiary/aromatic N) is 6. The average Bonchev–Trinajstić information content (AvgIpc) is 3.89. The zero-order chi connectivity index (χ0) is 46.3. The summed E-state index contributed by atoms with van der Waals surface area (Å²) in [5.41, 5.74) is -0.239. The van der Waals surface area contributed by atoms with Crippen LogP contribution in [0.1, 0.15) is 95.3 Å². The standard InChI is InChI=1S/C43H45F3N10O9/c1-53-30-20-47-42(52-36(30)55(23-6-3-4-7-23)21-43(45,46)41(53)64)50-28-19-26(44)25(18-31(28)65-2)37(60)48-22-14-16-54(17-15-22)34(59)13-12-32(57)49-27-9-5-8-24-35(27)40(63)56(39(24)62)29-10-11-33(58)51-38(29)61/h5,8-9,18-20,22-23,29H,3-4,6-7,10-17,21H2,1-2H3,(H,48,60)(H,49,57)(H,47,50,52)(H,51,58,61). The molecule has 1 unspecified atom stereocenters. The minimum Gasteiger partial charge on any atom is -0.495 e. The Balaban J connectivity index is 0.847. The van der Waals surface area contributed by atoms with Gasteiger partial charge >= 0.3 is 5.92 Å². The largest absolute Gasteiger partial charge is 0.495 e. The molecule has 2 saturated heterocycles. The number of hydrogen-bond donors (Lipinski definition) is 4. The molecule has 0 bridgehead atoms. The van der Waals surface area contributed by atoms with E-state index in [1.807, 2.05) is 0 Å². The first-order chi connectivity index (χ1) is 31.0. The van der Waals surface area contributed by atoms with Gasteiger partial charge in [-0.1, -0.05) is 18.9 Å². The maximum absolute atomic E-state index is 15.6. The zero-order valence-corrected chi connectivity index (χ0v) is 35.4. The molecule has 1 atom stereocenters. The number of piperidine rings is 2.